The predicted octanol–water partition coefficient (Wildman–Crippen LogP) is 5.51. The standard InChI is InChI=1S/C34H38ClF2N7O2/c1-21(36)32(45)44-17-16-43(18-24(44)10-14-38)31-25-11-15-42(28-7-5-6-23-8-9-26(37)30(35)29(23)28)19-27(25)39-33(40-31)46-20-34(12-13-34)22(2)41(3)4/h5-9,22,24H,1,10-13,15-20H2,2-4H3/t22-,24?/m0/s1. The van der Waals surface area contributed by atoms with E-state index in [2.05, 4.69) is 48.4 Å². The molecular weight excluding hydrogens is 612 g/mol. The Morgan fingerprint density at radius 2 is 2.00 bits per heavy atom. The summed E-state index contributed by atoms with van der Waals surface area (Å²) in [4.78, 5) is 30.2. The van der Waals surface area contributed by atoms with Gasteiger partial charge in [-0.2, -0.15) is 15.2 Å². The minimum absolute atomic E-state index is 0.0252. The van der Waals surface area contributed by atoms with E-state index in [4.69, 9.17) is 26.3 Å². The summed E-state index contributed by atoms with van der Waals surface area (Å²) in [6, 6.07) is 11.1. The lowest BCUT2D eigenvalue weighted by molar-refractivity contribution is -0.131. The molecule has 1 amide bonds. The molecule has 0 N–H and O–H groups in total. The summed E-state index contributed by atoms with van der Waals surface area (Å²) in [7, 11) is 4.14. The Bertz CT molecular complexity index is 1720. The number of carbonyl (C=O) groups excluding carboxylic acids is 1. The monoisotopic (exact) mass is 649 g/mol. The first-order chi connectivity index (χ1) is 22.0. The third-order valence-electron chi connectivity index (χ3n) is 9.92. The molecule has 0 radical (unpaired) electrons. The quantitative estimate of drug-likeness (QED) is 0.281. The van der Waals surface area contributed by atoms with Gasteiger partial charge >= 0.3 is 6.01 Å². The summed E-state index contributed by atoms with van der Waals surface area (Å²) >= 11 is 6.50. The molecule has 9 nitrogen and oxygen atoms in total. The molecule has 1 aliphatic carbocycles. The molecule has 1 unspecified atom stereocenters. The fourth-order valence-electron chi connectivity index (χ4n) is 6.83. The van der Waals surface area contributed by atoms with Gasteiger partial charge in [0.05, 0.1) is 42.4 Å². The largest absolute Gasteiger partial charge is 0.463 e. The zero-order valence-corrected chi connectivity index (χ0v) is 27.2. The van der Waals surface area contributed by atoms with Gasteiger partial charge in [0.1, 0.15) is 11.6 Å². The normalized spacial score (nSPS) is 19.5. The molecule has 2 aromatic carbocycles. The average molecular weight is 650 g/mol. The van der Waals surface area contributed by atoms with Crippen LogP contribution < -0.4 is 14.5 Å². The van der Waals surface area contributed by atoms with E-state index in [1.54, 1.807) is 6.07 Å². The molecule has 3 aromatic rings. The third kappa shape index (κ3) is 5.96. The first-order valence-corrected chi connectivity index (χ1v) is 16.0. The number of nitrogens with zero attached hydrogens (tertiary/aromatic N) is 7. The molecule has 12 heteroatoms. The van der Waals surface area contributed by atoms with Crippen LogP contribution in [0.25, 0.3) is 10.8 Å². The van der Waals surface area contributed by atoms with Crippen molar-refractivity contribution in [3.63, 3.8) is 0 Å². The van der Waals surface area contributed by atoms with E-state index in [1.807, 2.05) is 18.2 Å². The van der Waals surface area contributed by atoms with Gasteiger partial charge in [0.15, 0.2) is 5.83 Å². The molecule has 3 heterocycles. The summed E-state index contributed by atoms with van der Waals surface area (Å²) in [5.41, 5.74) is 2.58. The van der Waals surface area contributed by atoms with E-state index in [1.165, 1.54) is 11.0 Å². The molecule has 1 saturated heterocycles. The maximum absolute atomic E-state index is 14.6. The van der Waals surface area contributed by atoms with Crippen LogP contribution in [0.15, 0.2) is 42.7 Å². The van der Waals surface area contributed by atoms with E-state index in [-0.39, 0.29) is 29.4 Å². The highest BCUT2D eigenvalue weighted by molar-refractivity contribution is 6.36. The Morgan fingerprint density at radius 3 is 2.70 bits per heavy atom. The molecule has 3 aliphatic rings. The maximum atomic E-state index is 14.6. The number of anilines is 2. The summed E-state index contributed by atoms with van der Waals surface area (Å²) in [5.74, 6) is -1.61. The summed E-state index contributed by atoms with van der Waals surface area (Å²) in [6.45, 7) is 7.81. The lowest BCUT2D eigenvalue weighted by Crippen LogP contribution is -2.55. The Balaban J connectivity index is 1.35. The molecule has 0 spiro atoms. The minimum Gasteiger partial charge on any atom is -0.463 e. The summed E-state index contributed by atoms with van der Waals surface area (Å²) in [5, 5.41) is 11.1. The SMILES string of the molecule is C=C(F)C(=O)N1CCN(c2nc(OCC3([C@H](C)N(C)C)CC3)nc3c2CCN(c2cccc4ccc(F)c(Cl)c24)C3)CC1CC#N. The van der Waals surface area contributed by atoms with Gasteiger partial charge in [-0.15, -0.1) is 0 Å². The van der Waals surface area contributed by atoms with Crippen LogP contribution in [0.5, 0.6) is 6.01 Å². The highest BCUT2D eigenvalue weighted by Crippen LogP contribution is 2.50. The van der Waals surface area contributed by atoms with Gasteiger partial charge in [0.25, 0.3) is 5.91 Å². The second-order valence-electron chi connectivity index (χ2n) is 12.8. The fraction of sp³-hybridized carbons (Fsp3) is 0.471. The molecule has 2 fully saturated rings. The van der Waals surface area contributed by atoms with Gasteiger partial charge < -0.3 is 24.3 Å². The van der Waals surface area contributed by atoms with Crippen molar-refractivity contribution >= 4 is 39.8 Å². The van der Waals surface area contributed by atoms with Crippen molar-refractivity contribution in [2.45, 2.75) is 51.2 Å². The Kier molecular flexibility index (Phi) is 8.79. The van der Waals surface area contributed by atoms with Gasteiger partial charge in [-0.1, -0.05) is 36.4 Å². The smallest absolute Gasteiger partial charge is 0.318 e. The molecule has 2 aliphatic heterocycles. The van der Waals surface area contributed by atoms with Gasteiger partial charge in [-0.3, -0.25) is 4.79 Å². The van der Waals surface area contributed by atoms with E-state index in [0.29, 0.717) is 56.5 Å². The highest BCUT2D eigenvalue weighted by Gasteiger charge is 2.49. The second kappa shape index (κ2) is 12.6. The highest BCUT2D eigenvalue weighted by atomic mass is 35.5. The van der Waals surface area contributed by atoms with Gasteiger partial charge in [0.2, 0.25) is 0 Å². The van der Waals surface area contributed by atoms with Crippen LogP contribution in [0.2, 0.25) is 5.02 Å². The van der Waals surface area contributed by atoms with E-state index in [9.17, 15) is 18.8 Å². The van der Waals surface area contributed by atoms with Crippen LogP contribution >= 0.6 is 11.6 Å². The van der Waals surface area contributed by atoms with Crippen molar-refractivity contribution in [2.75, 3.05) is 56.7 Å². The molecule has 0 bridgehead atoms. The number of amides is 1. The Labute approximate surface area is 273 Å². The second-order valence-corrected chi connectivity index (χ2v) is 13.2. The topological polar surface area (TPSA) is 88.8 Å². The van der Waals surface area contributed by atoms with E-state index in [0.717, 1.165) is 35.2 Å². The Hall–Kier alpha value is -4.01. The van der Waals surface area contributed by atoms with Crippen LogP contribution in [-0.2, 0) is 17.8 Å². The van der Waals surface area contributed by atoms with Gasteiger partial charge in [0, 0.05) is 54.3 Å². The maximum Gasteiger partial charge on any atom is 0.318 e. The fourth-order valence-corrected chi connectivity index (χ4v) is 7.09. The number of halogens is 3. The van der Waals surface area contributed by atoms with E-state index < -0.39 is 23.6 Å². The van der Waals surface area contributed by atoms with Crippen LogP contribution in [0.1, 0.15) is 37.4 Å². The van der Waals surface area contributed by atoms with Crippen LogP contribution in [-0.4, -0.2) is 84.6 Å². The number of hydrogen-bond donors (Lipinski definition) is 0. The van der Waals surface area contributed by atoms with Crippen LogP contribution in [0, 0.1) is 22.6 Å². The van der Waals surface area contributed by atoms with Crippen LogP contribution in [0.4, 0.5) is 20.3 Å². The number of rotatable bonds is 9. The van der Waals surface area contributed by atoms with Gasteiger partial charge in [-0.05, 0) is 57.8 Å². The number of fused-ring (bicyclic) bond motifs is 2. The van der Waals surface area contributed by atoms with Crippen molar-refractivity contribution < 1.29 is 18.3 Å². The minimum atomic E-state index is -1.04. The molecule has 6 rings (SSSR count). The number of hydrogen-bond acceptors (Lipinski definition) is 8. The predicted molar refractivity (Wildman–Crippen MR) is 174 cm³/mol. The van der Waals surface area contributed by atoms with Crippen molar-refractivity contribution in [1.29, 1.82) is 5.26 Å². The molecule has 242 valence electrons. The summed E-state index contributed by atoms with van der Waals surface area (Å²) in [6.07, 6.45) is 2.76. The number of ether oxygens (including phenoxy) is 1. The molecule has 46 heavy (non-hydrogen) atoms. The van der Waals surface area contributed by atoms with Gasteiger partial charge in [-0.25, -0.2) is 8.78 Å². The van der Waals surface area contributed by atoms with Crippen molar-refractivity contribution in [3.05, 3.63) is 64.8 Å². The van der Waals surface area contributed by atoms with Crippen molar-refractivity contribution in [3.8, 4) is 12.1 Å². The molecule has 2 atom stereocenters. The third-order valence-corrected chi connectivity index (χ3v) is 10.3. The van der Waals surface area contributed by atoms with Crippen molar-refractivity contribution in [2.24, 2.45) is 5.41 Å². The Morgan fingerprint density at radius 1 is 1.22 bits per heavy atom. The number of benzene rings is 2. The number of carbonyl (C=O) groups is 1. The van der Waals surface area contributed by atoms with Crippen LogP contribution in [0.3, 0.4) is 0 Å². The number of piperazine rings is 1. The average Bonchev–Trinajstić information content (AvgIpc) is 3.85. The first kappa shape index (κ1) is 32.0. The first-order valence-electron chi connectivity index (χ1n) is 15.6. The molecule has 1 saturated carbocycles. The molecular formula is C34H38ClF2N7O2. The zero-order valence-electron chi connectivity index (χ0n) is 26.4. The number of aromatic nitrogens is 2. The van der Waals surface area contributed by atoms with E-state index >= 15 is 0 Å². The summed E-state index contributed by atoms with van der Waals surface area (Å²) < 4.78 is 34.8. The zero-order chi connectivity index (χ0) is 32.7. The lowest BCUT2D eigenvalue weighted by atomic mass is 9.98. The molecule has 1 aromatic heterocycles. The number of nitriles is 1. The lowest BCUT2D eigenvalue weighted by Gasteiger charge is -2.42. The van der Waals surface area contributed by atoms with Crippen molar-refractivity contribution in [1.82, 2.24) is 19.8 Å².